The molecule has 1 N–H and O–H groups in total. The van der Waals surface area contributed by atoms with Gasteiger partial charge in [0, 0.05) is 22.0 Å². The zero-order chi connectivity index (χ0) is 24.9. The molecular formula is C26H24ClN3O4S. The van der Waals surface area contributed by atoms with Gasteiger partial charge in [-0.2, -0.15) is 0 Å². The van der Waals surface area contributed by atoms with Crippen molar-refractivity contribution in [2.24, 2.45) is 0 Å². The molecule has 2 aromatic heterocycles. The standard InChI is InChI=1S/C26H24ClN3O4S/c1-15-6-4-8-17(10-15)28-21(31)13-29-24-22(19-12-26(2,3)34-14-20(19)35-24)23(32)30(25(29)33)18-9-5-7-16(27)11-18/h4-11H,12-14H2,1-3H3,(H,28,31). The first-order valence-corrected chi connectivity index (χ1v) is 12.4. The van der Waals surface area contributed by atoms with Crippen molar-refractivity contribution >= 4 is 44.7 Å². The number of ether oxygens (including phenoxy) is 1. The van der Waals surface area contributed by atoms with E-state index in [1.54, 1.807) is 30.3 Å². The predicted octanol–water partition coefficient (Wildman–Crippen LogP) is 4.67. The molecule has 0 bridgehead atoms. The van der Waals surface area contributed by atoms with Crippen LogP contribution in [0.25, 0.3) is 15.9 Å². The molecular weight excluding hydrogens is 486 g/mol. The summed E-state index contributed by atoms with van der Waals surface area (Å²) in [5.74, 6) is -0.363. The summed E-state index contributed by atoms with van der Waals surface area (Å²) in [6.45, 7) is 5.99. The summed E-state index contributed by atoms with van der Waals surface area (Å²) in [5.41, 5.74) is 1.41. The Labute approximate surface area is 210 Å². The molecule has 0 saturated carbocycles. The van der Waals surface area contributed by atoms with E-state index in [0.717, 1.165) is 20.6 Å². The van der Waals surface area contributed by atoms with Crippen LogP contribution in [0.5, 0.6) is 0 Å². The number of anilines is 1. The van der Waals surface area contributed by atoms with Crippen LogP contribution in [-0.4, -0.2) is 20.6 Å². The second kappa shape index (κ2) is 8.78. The molecule has 2 aromatic carbocycles. The summed E-state index contributed by atoms with van der Waals surface area (Å²) in [7, 11) is 0. The number of fused-ring (bicyclic) bond motifs is 3. The van der Waals surface area contributed by atoms with E-state index < -0.39 is 16.9 Å². The monoisotopic (exact) mass is 509 g/mol. The number of benzene rings is 2. The molecule has 180 valence electrons. The number of thiophene rings is 1. The van der Waals surface area contributed by atoms with Crippen LogP contribution in [-0.2, 0) is 29.1 Å². The molecule has 0 fully saturated rings. The van der Waals surface area contributed by atoms with Crippen molar-refractivity contribution in [2.75, 3.05) is 5.32 Å². The minimum Gasteiger partial charge on any atom is -0.370 e. The molecule has 0 radical (unpaired) electrons. The first kappa shape index (κ1) is 23.5. The minimum absolute atomic E-state index is 0.242. The molecule has 0 unspecified atom stereocenters. The van der Waals surface area contributed by atoms with E-state index >= 15 is 0 Å². The van der Waals surface area contributed by atoms with E-state index in [1.807, 2.05) is 39.0 Å². The van der Waals surface area contributed by atoms with E-state index in [9.17, 15) is 14.4 Å². The molecule has 5 rings (SSSR count). The predicted molar refractivity (Wildman–Crippen MR) is 139 cm³/mol. The number of nitrogens with one attached hydrogen (secondary N) is 1. The molecule has 0 saturated heterocycles. The van der Waals surface area contributed by atoms with Gasteiger partial charge in [-0.15, -0.1) is 11.3 Å². The highest BCUT2D eigenvalue weighted by atomic mass is 35.5. The molecule has 0 aliphatic carbocycles. The lowest BCUT2D eigenvalue weighted by atomic mass is 9.94. The number of amides is 1. The third kappa shape index (κ3) is 4.45. The van der Waals surface area contributed by atoms with Gasteiger partial charge in [-0.3, -0.25) is 14.2 Å². The van der Waals surface area contributed by atoms with E-state index in [0.29, 0.717) is 39.6 Å². The average Bonchev–Trinajstić information content (AvgIpc) is 3.14. The van der Waals surface area contributed by atoms with Crippen LogP contribution >= 0.6 is 22.9 Å². The maximum absolute atomic E-state index is 13.7. The van der Waals surface area contributed by atoms with Gasteiger partial charge in [0.2, 0.25) is 5.91 Å². The lowest BCUT2D eigenvalue weighted by molar-refractivity contribution is -0.116. The summed E-state index contributed by atoms with van der Waals surface area (Å²) in [4.78, 5) is 41.8. The van der Waals surface area contributed by atoms with Crippen LogP contribution < -0.4 is 16.6 Å². The summed E-state index contributed by atoms with van der Waals surface area (Å²) in [6.07, 6.45) is 0.529. The van der Waals surface area contributed by atoms with Crippen molar-refractivity contribution < 1.29 is 9.53 Å². The molecule has 35 heavy (non-hydrogen) atoms. The number of carbonyl (C=O) groups excluding carboxylic acids is 1. The van der Waals surface area contributed by atoms with Crippen molar-refractivity contribution in [3.05, 3.63) is 90.4 Å². The van der Waals surface area contributed by atoms with Crippen molar-refractivity contribution in [1.82, 2.24) is 9.13 Å². The molecule has 7 nitrogen and oxygen atoms in total. The van der Waals surface area contributed by atoms with Gasteiger partial charge in [0.25, 0.3) is 5.56 Å². The SMILES string of the molecule is Cc1cccc(NC(=O)Cn2c(=O)n(-c3cccc(Cl)c3)c(=O)c3c4c(sc32)COC(C)(C)C4)c1. The third-order valence-corrected chi connectivity index (χ3v) is 7.49. The first-order chi connectivity index (χ1) is 16.6. The molecule has 1 aliphatic rings. The number of hydrogen-bond acceptors (Lipinski definition) is 5. The van der Waals surface area contributed by atoms with Crippen LogP contribution in [0.1, 0.15) is 29.9 Å². The largest absolute Gasteiger partial charge is 0.370 e. The molecule has 9 heteroatoms. The molecule has 4 aromatic rings. The minimum atomic E-state index is -0.595. The fourth-order valence-corrected chi connectivity index (χ4v) is 5.80. The number of aromatic nitrogens is 2. The zero-order valence-corrected chi connectivity index (χ0v) is 21.1. The Bertz CT molecular complexity index is 1600. The third-order valence-electron chi connectivity index (χ3n) is 6.02. The highest BCUT2D eigenvalue weighted by Crippen LogP contribution is 2.37. The second-order valence-electron chi connectivity index (χ2n) is 9.32. The fraction of sp³-hybridized carbons (Fsp3) is 0.269. The number of halogens is 1. The quantitative estimate of drug-likeness (QED) is 0.433. The lowest BCUT2D eigenvalue weighted by Crippen LogP contribution is -2.41. The molecule has 0 atom stereocenters. The van der Waals surface area contributed by atoms with Crippen molar-refractivity contribution in [2.45, 2.75) is 45.9 Å². The molecule has 0 spiro atoms. The van der Waals surface area contributed by atoms with Crippen LogP contribution in [0.2, 0.25) is 5.02 Å². The van der Waals surface area contributed by atoms with Crippen molar-refractivity contribution in [3.63, 3.8) is 0 Å². The van der Waals surface area contributed by atoms with Gasteiger partial charge in [-0.1, -0.05) is 29.8 Å². The topological polar surface area (TPSA) is 82.3 Å². The van der Waals surface area contributed by atoms with Gasteiger partial charge in [0.1, 0.15) is 11.4 Å². The number of nitrogens with zero attached hydrogens (tertiary/aromatic N) is 2. The fourth-order valence-electron chi connectivity index (χ4n) is 4.41. The Morgan fingerprint density at radius 3 is 2.69 bits per heavy atom. The van der Waals surface area contributed by atoms with E-state index in [2.05, 4.69) is 5.32 Å². The van der Waals surface area contributed by atoms with Gasteiger partial charge in [0.05, 0.1) is 23.3 Å². The summed E-state index contributed by atoms with van der Waals surface area (Å²) in [6, 6.07) is 14.0. The van der Waals surface area contributed by atoms with E-state index in [4.69, 9.17) is 16.3 Å². The van der Waals surface area contributed by atoms with Gasteiger partial charge in [0.15, 0.2) is 0 Å². The number of hydrogen-bond donors (Lipinski definition) is 1. The number of carbonyl (C=O) groups is 1. The Hall–Kier alpha value is -3.20. The smallest absolute Gasteiger partial charge is 0.337 e. The van der Waals surface area contributed by atoms with Crippen LogP contribution in [0, 0.1) is 6.92 Å². The van der Waals surface area contributed by atoms with Gasteiger partial charge < -0.3 is 10.1 Å². The second-order valence-corrected chi connectivity index (χ2v) is 10.8. The zero-order valence-electron chi connectivity index (χ0n) is 19.6. The Morgan fingerprint density at radius 2 is 1.94 bits per heavy atom. The number of aryl methyl sites for hydroxylation is 1. The maximum atomic E-state index is 13.7. The normalized spacial score (nSPS) is 14.6. The van der Waals surface area contributed by atoms with Gasteiger partial charge in [-0.25, -0.2) is 9.36 Å². The number of rotatable bonds is 4. The van der Waals surface area contributed by atoms with E-state index in [-0.39, 0.29) is 12.5 Å². The molecule has 3 heterocycles. The van der Waals surface area contributed by atoms with Crippen LogP contribution in [0.3, 0.4) is 0 Å². The molecule has 1 aliphatic heterocycles. The summed E-state index contributed by atoms with van der Waals surface area (Å²) >= 11 is 7.51. The van der Waals surface area contributed by atoms with E-state index in [1.165, 1.54) is 15.9 Å². The molecule has 1 amide bonds. The highest BCUT2D eigenvalue weighted by Gasteiger charge is 2.32. The van der Waals surface area contributed by atoms with Gasteiger partial charge >= 0.3 is 5.69 Å². The maximum Gasteiger partial charge on any atom is 0.337 e. The Kier molecular flexibility index (Phi) is 5.91. The first-order valence-electron chi connectivity index (χ1n) is 11.2. The Morgan fingerprint density at radius 1 is 1.17 bits per heavy atom. The Balaban J connectivity index is 1.70. The summed E-state index contributed by atoms with van der Waals surface area (Å²) in [5, 5.41) is 3.70. The average molecular weight is 510 g/mol. The van der Waals surface area contributed by atoms with Crippen molar-refractivity contribution in [3.8, 4) is 5.69 Å². The van der Waals surface area contributed by atoms with Gasteiger partial charge in [-0.05, 0) is 62.2 Å². The van der Waals surface area contributed by atoms with Crippen LogP contribution in [0.4, 0.5) is 5.69 Å². The summed E-state index contributed by atoms with van der Waals surface area (Å²) < 4.78 is 8.43. The van der Waals surface area contributed by atoms with Crippen LogP contribution in [0.15, 0.2) is 58.1 Å². The van der Waals surface area contributed by atoms with Crippen molar-refractivity contribution in [1.29, 1.82) is 0 Å². The lowest BCUT2D eigenvalue weighted by Gasteiger charge is -2.29. The highest BCUT2D eigenvalue weighted by molar-refractivity contribution is 7.18.